The lowest BCUT2D eigenvalue weighted by Gasteiger charge is -2.34. The van der Waals surface area contributed by atoms with E-state index in [9.17, 15) is 0 Å². The van der Waals surface area contributed by atoms with Gasteiger partial charge in [0.1, 0.15) is 5.84 Å². The minimum absolute atomic E-state index is 0.0417. The van der Waals surface area contributed by atoms with E-state index >= 15 is 0 Å². The van der Waals surface area contributed by atoms with E-state index in [1.807, 2.05) is 7.05 Å². The van der Waals surface area contributed by atoms with E-state index in [0.29, 0.717) is 12.0 Å². The zero-order valence-corrected chi connectivity index (χ0v) is 10.8. The summed E-state index contributed by atoms with van der Waals surface area (Å²) in [6.07, 6.45) is 1.15. The second kappa shape index (κ2) is 4.81. The average Bonchev–Trinajstić information content (AvgIpc) is 1.98. The monoisotopic (exact) mass is 198 g/mol. The summed E-state index contributed by atoms with van der Waals surface area (Å²) in [5.74, 6) is 1.42. The molecule has 14 heavy (non-hydrogen) atoms. The van der Waals surface area contributed by atoms with E-state index in [0.717, 1.165) is 12.3 Å². The van der Waals surface area contributed by atoms with E-state index in [4.69, 9.17) is 5.41 Å². The van der Waals surface area contributed by atoms with Gasteiger partial charge >= 0.3 is 0 Å². The number of nitrogens with zero attached hydrogens (tertiary/aromatic N) is 1. The van der Waals surface area contributed by atoms with Gasteiger partial charge in [-0.1, -0.05) is 34.6 Å². The molecule has 0 amide bonds. The summed E-state index contributed by atoms with van der Waals surface area (Å²) in [5, 5.41) is 8.05. The lowest BCUT2D eigenvalue weighted by Crippen LogP contribution is -2.42. The van der Waals surface area contributed by atoms with Gasteiger partial charge in [0.2, 0.25) is 0 Å². The molecular weight excluding hydrogens is 172 g/mol. The number of hydrogen-bond acceptors (Lipinski definition) is 1. The van der Waals surface area contributed by atoms with Gasteiger partial charge in [0, 0.05) is 18.5 Å². The third-order valence-electron chi connectivity index (χ3n) is 2.54. The van der Waals surface area contributed by atoms with Crippen molar-refractivity contribution < 1.29 is 0 Å². The van der Waals surface area contributed by atoms with E-state index in [2.05, 4.69) is 46.4 Å². The number of nitrogens with one attached hydrogen (secondary N) is 1. The summed E-state index contributed by atoms with van der Waals surface area (Å²) in [5.41, 5.74) is -0.0417. The summed E-state index contributed by atoms with van der Waals surface area (Å²) in [4.78, 5) is 2.10. The van der Waals surface area contributed by atoms with Crippen LogP contribution in [0.15, 0.2) is 0 Å². The Morgan fingerprint density at radius 3 is 1.93 bits per heavy atom. The Labute approximate surface area is 89.2 Å². The van der Waals surface area contributed by atoms with Gasteiger partial charge in [-0.25, -0.2) is 0 Å². The zero-order chi connectivity index (χ0) is 11.5. The molecule has 0 bridgehead atoms. The zero-order valence-electron chi connectivity index (χ0n) is 10.8. The molecule has 0 heterocycles. The van der Waals surface area contributed by atoms with Crippen LogP contribution in [-0.4, -0.2) is 23.8 Å². The highest BCUT2D eigenvalue weighted by Crippen LogP contribution is 2.20. The largest absolute Gasteiger partial charge is 0.360 e. The van der Waals surface area contributed by atoms with Crippen molar-refractivity contribution in [3.63, 3.8) is 0 Å². The van der Waals surface area contributed by atoms with Crippen LogP contribution >= 0.6 is 0 Å². The van der Waals surface area contributed by atoms with Crippen molar-refractivity contribution in [1.29, 1.82) is 5.41 Å². The van der Waals surface area contributed by atoms with Crippen LogP contribution in [0.2, 0.25) is 0 Å². The third-order valence-corrected chi connectivity index (χ3v) is 2.54. The van der Waals surface area contributed by atoms with Crippen molar-refractivity contribution >= 4 is 5.84 Å². The normalized spacial score (nSPS) is 14.3. The Kier molecular flexibility index (Phi) is 4.63. The summed E-state index contributed by atoms with van der Waals surface area (Å²) in [7, 11) is 2.03. The van der Waals surface area contributed by atoms with Crippen LogP contribution < -0.4 is 0 Å². The van der Waals surface area contributed by atoms with Crippen LogP contribution in [0.25, 0.3) is 0 Å². The van der Waals surface area contributed by atoms with Gasteiger partial charge in [0.05, 0.1) is 0 Å². The van der Waals surface area contributed by atoms with Gasteiger partial charge in [-0.2, -0.15) is 0 Å². The van der Waals surface area contributed by atoms with Gasteiger partial charge in [-0.3, -0.25) is 5.41 Å². The molecule has 0 saturated carbocycles. The number of amidine groups is 1. The fraction of sp³-hybridized carbons (Fsp3) is 0.917. The minimum atomic E-state index is -0.0417. The second-order valence-electron chi connectivity index (χ2n) is 5.69. The Morgan fingerprint density at radius 2 is 1.64 bits per heavy atom. The first-order valence-corrected chi connectivity index (χ1v) is 5.48. The maximum Gasteiger partial charge on any atom is 0.101 e. The quantitative estimate of drug-likeness (QED) is 0.546. The molecule has 1 atom stereocenters. The summed E-state index contributed by atoms with van der Waals surface area (Å²) in [6, 6.07) is 0.460. The van der Waals surface area contributed by atoms with E-state index in [1.165, 1.54) is 0 Å². The standard InChI is InChI=1S/C12H26N2/c1-9(2)8-10(3)14(7)11(13)12(4,5)6/h9-10,13H,8H2,1-7H3. The molecule has 0 aromatic carbocycles. The molecule has 1 unspecified atom stereocenters. The van der Waals surface area contributed by atoms with Crippen LogP contribution in [0.3, 0.4) is 0 Å². The minimum Gasteiger partial charge on any atom is -0.360 e. The second-order valence-corrected chi connectivity index (χ2v) is 5.69. The van der Waals surface area contributed by atoms with Crippen molar-refractivity contribution in [2.75, 3.05) is 7.05 Å². The average molecular weight is 198 g/mol. The summed E-state index contributed by atoms with van der Waals surface area (Å²) < 4.78 is 0. The van der Waals surface area contributed by atoms with Crippen LogP contribution in [0, 0.1) is 16.7 Å². The molecule has 0 radical (unpaired) electrons. The maximum atomic E-state index is 8.05. The van der Waals surface area contributed by atoms with Gasteiger partial charge in [-0.15, -0.1) is 0 Å². The first kappa shape index (κ1) is 13.5. The molecule has 1 N–H and O–H groups in total. The first-order chi connectivity index (χ1) is 6.16. The Hall–Kier alpha value is -0.530. The lowest BCUT2D eigenvalue weighted by molar-refractivity contribution is 0.304. The number of rotatable bonds is 3. The smallest absolute Gasteiger partial charge is 0.101 e. The van der Waals surface area contributed by atoms with Gasteiger partial charge in [0.25, 0.3) is 0 Å². The molecule has 0 fully saturated rings. The molecule has 0 aromatic heterocycles. The van der Waals surface area contributed by atoms with Crippen molar-refractivity contribution in [3.05, 3.63) is 0 Å². The molecule has 0 aliphatic rings. The molecule has 0 aliphatic carbocycles. The maximum absolute atomic E-state index is 8.05. The highest BCUT2D eigenvalue weighted by molar-refractivity contribution is 5.84. The SMILES string of the molecule is CC(C)CC(C)N(C)C(=N)C(C)(C)C. The van der Waals surface area contributed by atoms with Crippen molar-refractivity contribution in [1.82, 2.24) is 4.90 Å². The highest BCUT2D eigenvalue weighted by atomic mass is 15.2. The predicted octanol–water partition coefficient (Wildman–Crippen LogP) is 3.38. The third kappa shape index (κ3) is 4.12. The van der Waals surface area contributed by atoms with Gasteiger partial charge < -0.3 is 4.90 Å². The summed E-state index contributed by atoms with van der Waals surface area (Å²) >= 11 is 0. The molecule has 2 heteroatoms. The Balaban J connectivity index is 4.32. The Bertz CT molecular complexity index is 189. The van der Waals surface area contributed by atoms with Crippen molar-refractivity contribution in [2.24, 2.45) is 11.3 Å². The number of hydrogen-bond donors (Lipinski definition) is 1. The molecular formula is C12H26N2. The lowest BCUT2D eigenvalue weighted by atomic mass is 9.92. The predicted molar refractivity (Wildman–Crippen MR) is 63.9 cm³/mol. The molecule has 84 valence electrons. The first-order valence-electron chi connectivity index (χ1n) is 5.48. The van der Waals surface area contributed by atoms with E-state index < -0.39 is 0 Å². The van der Waals surface area contributed by atoms with Crippen LogP contribution in [0.1, 0.15) is 48.0 Å². The fourth-order valence-electron chi connectivity index (χ4n) is 1.59. The van der Waals surface area contributed by atoms with E-state index in [-0.39, 0.29) is 5.41 Å². The molecule has 0 aromatic rings. The molecule has 0 saturated heterocycles. The van der Waals surface area contributed by atoms with Gasteiger partial charge in [0.15, 0.2) is 0 Å². The van der Waals surface area contributed by atoms with E-state index in [1.54, 1.807) is 0 Å². The van der Waals surface area contributed by atoms with Crippen molar-refractivity contribution in [2.45, 2.75) is 54.0 Å². The van der Waals surface area contributed by atoms with Crippen molar-refractivity contribution in [3.8, 4) is 0 Å². The fourth-order valence-corrected chi connectivity index (χ4v) is 1.59. The van der Waals surface area contributed by atoms with Crippen LogP contribution in [0.5, 0.6) is 0 Å². The topological polar surface area (TPSA) is 27.1 Å². The highest BCUT2D eigenvalue weighted by Gasteiger charge is 2.23. The summed E-state index contributed by atoms with van der Waals surface area (Å²) in [6.45, 7) is 12.9. The molecule has 2 nitrogen and oxygen atoms in total. The molecule has 0 aliphatic heterocycles. The molecule has 0 spiro atoms. The van der Waals surface area contributed by atoms with Crippen LogP contribution in [0.4, 0.5) is 0 Å². The van der Waals surface area contributed by atoms with Gasteiger partial charge in [-0.05, 0) is 19.3 Å². The van der Waals surface area contributed by atoms with Crippen LogP contribution in [-0.2, 0) is 0 Å². The Morgan fingerprint density at radius 1 is 1.21 bits per heavy atom. The molecule has 0 rings (SSSR count).